The van der Waals surface area contributed by atoms with Gasteiger partial charge in [0.15, 0.2) is 0 Å². The fourth-order valence-corrected chi connectivity index (χ4v) is 1.000. The Bertz CT molecular complexity index is 258. The highest BCUT2D eigenvalue weighted by molar-refractivity contribution is 5.73. The van der Waals surface area contributed by atoms with Crippen LogP contribution >= 0.6 is 0 Å². The Hall–Kier alpha value is -1.52. The van der Waals surface area contributed by atoms with E-state index in [-0.39, 0.29) is 6.03 Å². The molecule has 0 saturated heterocycles. The van der Waals surface area contributed by atoms with Crippen LogP contribution in [0, 0.1) is 0 Å². The predicted molar refractivity (Wildman–Crippen MR) is 53.7 cm³/mol. The van der Waals surface area contributed by atoms with Crippen molar-refractivity contribution >= 4 is 6.03 Å². The normalized spacial score (nSPS) is 9.79. The molecule has 0 bridgehead atoms. The van der Waals surface area contributed by atoms with E-state index in [1.54, 1.807) is 12.4 Å². The topological polar surface area (TPSA) is 69.8 Å². The summed E-state index contributed by atoms with van der Waals surface area (Å²) >= 11 is 0. The van der Waals surface area contributed by atoms with Crippen LogP contribution in [0.25, 0.3) is 0 Å². The van der Waals surface area contributed by atoms with Crippen LogP contribution in [0.2, 0.25) is 0 Å². The van der Waals surface area contributed by atoms with Crippen LogP contribution in [-0.4, -0.2) is 22.5 Å². The first-order chi connectivity index (χ1) is 6.83. The number of nitrogens with zero attached hydrogens (tertiary/aromatic N) is 1. The van der Waals surface area contributed by atoms with Crippen molar-refractivity contribution in [2.24, 2.45) is 0 Å². The van der Waals surface area contributed by atoms with Crippen molar-refractivity contribution in [1.29, 1.82) is 0 Å². The zero-order chi connectivity index (χ0) is 10.2. The molecule has 0 atom stereocenters. The van der Waals surface area contributed by atoms with Gasteiger partial charge in [0.1, 0.15) is 5.82 Å². The third-order valence-electron chi connectivity index (χ3n) is 1.79. The van der Waals surface area contributed by atoms with E-state index >= 15 is 0 Å². The maximum atomic E-state index is 11.1. The summed E-state index contributed by atoms with van der Waals surface area (Å²) < 4.78 is 0. The van der Waals surface area contributed by atoms with Gasteiger partial charge in [0.25, 0.3) is 0 Å². The van der Waals surface area contributed by atoms with Gasteiger partial charge in [0.05, 0.1) is 6.54 Å². The average molecular weight is 196 g/mol. The molecular formula is C9H16N4O. The van der Waals surface area contributed by atoms with E-state index in [9.17, 15) is 4.79 Å². The Labute approximate surface area is 83.3 Å². The van der Waals surface area contributed by atoms with Gasteiger partial charge in [0.2, 0.25) is 0 Å². The molecule has 5 nitrogen and oxygen atoms in total. The fraction of sp³-hybridized carbons (Fsp3) is 0.556. The molecule has 0 fully saturated rings. The summed E-state index contributed by atoms with van der Waals surface area (Å²) in [4.78, 5) is 18.0. The van der Waals surface area contributed by atoms with Gasteiger partial charge < -0.3 is 15.6 Å². The lowest BCUT2D eigenvalue weighted by Crippen LogP contribution is -2.35. The number of urea groups is 1. The van der Waals surface area contributed by atoms with E-state index in [1.807, 2.05) is 0 Å². The Kier molecular flexibility index (Phi) is 4.54. The third-order valence-corrected chi connectivity index (χ3v) is 1.79. The largest absolute Gasteiger partial charge is 0.347 e. The van der Waals surface area contributed by atoms with Gasteiger partial charge in [0, 0.05) is 18.9 Å². The molecule has 0 aliphatic rings. The molecule has 0 spiro atoms. The molecule has 0 aliphatic heterocycles. The zero-order valence-corrected chi connectivity index (χ0v) is 8.34. The van der Waals surface area contributed by atoms with Crippen LogP contribution in [0.4, 0.5) is 4.79 Å². The smallest absolute Gasteiger partial charge is 0.315 e. The predicted octanol–water partition coefficient (Wildman–Crippen LogP) is 1.01. The molecule has 2 amide bonds. The maximum absolute atomic E-state index is 11.1. The quantitative estimate of drug-likeness (QED) is 0.615. The maximum Gasteiger partial charge on any atom is 0.315 e. The Morgan fingerprint density at radius 3 is 3.07 bits per heavy atom. The van der Waals surface area contributed by atoms with Gasteiger partial charge in [-0.2, -0.15) is 0 Å². The van der Waals surface area contributed by atoms with E-state index in [0.717, 1.165) is 25.2 Å². The fourth-order valence-electron chi connectivity index (χ4n) is 1.000. The van der Waals surface area contributed by atoms with Crippen molar-refractivity contribution in [3.63, 3.8) is 0 Å². The Morgan fingerprint density at radius 2 is 2.43 bits per heavy atom. The highest BCUT2D eigenvalue weighted by Crippen LogP contribution is 1.86. The summed E-state index contributed by atoms with van der Waals surface area (Å²) in [6, 6.07) is -0.144. The summed E-state index contributed by atoms with van der Waals surface area (Å²) in [7, 11) is 0. The standard InChI is InChI=1S/C9H16N4O/c1-2-3-4-12-9(14)13-7-8-10-5-6-11-8/h5-6H,2-4,7H2,1H3,(H,10,11)(H2,12,13,14). The monoisotopic (exact) mass is 196 g/mol. The van der Waals surface area contributed by atoms with Crippen LogP contribution in [0.3, 0.4) is 0 Å². The number of carbonyl (C=O) groups is 1. The number of nitrogens with one attached hydrogen (secondary N) is 3. The first-order valence-corrected chi connectivity index (χ1v) is 4.83. The first-order valence-electron chi connectivity index (χ1n) is 4.83. The van der Waals surface area contributed by atoms with Crippen molar-refractivity contribution in [3.8, 4) is 0 Å². The minimum atomic E-state index is -0.144. The van der Waals surface area contributed by atoms with Crippen LogP contribution in [0.15, 0.2) is 12.4 Å². The van der Waals surface area contributed by atoms with Crippen LogP contribution in [0.1, 0.15) is 25.6 Å². The summed E-state index contributed by atoms with van der Waals surface area (Å²) in [6.45, 7) is 3.24. The molecule has 5 heteroatoms. The van der Waals surface area contributed by atoms with E-state index in [1.165, 1.54) is 0 Å². The molecule has 0 saturated carbocycles. The molecule has 1 heterocycles. The van der Waals surface area contributed by atoms with Crippen LogP contribution in [-0.2, 0) is 6.54 Å². The number of rotatable bonds is 5. The zero-order valence-electron chi connectivity index (χ0n) is 8.34. The van der Waals surface area contributed by atoms with Gasteiger partial charge in [-0.1, -0.05) is 13.3 Å². The Balaban J connectivity index is 2.09. The lowest BCUT2D eigenvalue weighted by atomic mass is 10.3. The first kappa shape index (κ1) is 10.6. The SMILES string of the molecule is CCCCNC(=O)NCc1ncc[nH]1. The van der Waals surface area contributed by atoms with E-state index in [0.29, 0.717) is 6.54 Å². The van der Waals surface area contributed by atoms with E-state index < -0.39 is 0 Å². The number of hydrogen-bond acceptors (Lipinski definition) is 2. The van der Waals surface area contributed by atoms with Crippen molar-refractivity contribution in [2.75, 3.05) is 6.54 Å². The number of unbranched alkanes of at least 4 members (excludes halogenated alkanes) is 1. The van der Waals surface area contributed by atoms with Crippen molar-refractivity contribution in [3.05, 3.63) is 18.2 Å². The molecule has 1 rings (SSSR count). The lowest BCUT2D eigenvalue weighted by molar-refractivity contribution is 0.240. The minimum absolute atomic E-state index is 0.144. The molecule has 0 aliphatic carbocycles. The second-order valence-corrected chi connectivity index (χ2v) is 3.00. The molecule has 78 valence electrons. The number of hydrogen-bond donors (Lipinski definition) is 3. The summed E-state index contributed by atoms with van der Waals surface area (Å²) in [5.41, 5.74) is 0. The lowest BCUT2D eigenvalue weighted by Gasteiger charge is -2.04. The molecular weight excluding hydrogens is 180 g/mol. The van der Waals surface area contributed by atoms with Gasteiger partial charge in [-0.3, -0.25) is 0 Å². The molecule has 0 aromatic carbocycles. The number of imidazole rings is 1. The van der Waals surface area contributed by atoms with Gasteiger partial charge >= 0.3 is 6.03 Å². The summed E-state index contributed by atoms with van der Waals surface area (Å²) in [5, 5.41) is 5.45. The number of aromatic amines is 1. The van der Waals surface area contributed by atoms with E-state index in [2.05, 4.69) is 27.5 Å². The number of H-pyrrole nitrogens is 1. The highest BCUT2D eigenvalue weighted by Gasteiger charge is 1.99. The van der Waals surface area contributed by atoms with Gasteiger partial charge in [-0.05, 0) is 6.42 Å². The molecule has 0 unspecified atom stereocenters. The second kappa shape index (κ2) is 6.01. The van der Waals surface area contributed by atoms with E-state index in [4.69, 9.17) is 0 Å². The molecule has 0 radical (unpaired) electrons. The summed E-state index contributed by atoms with van der Waals surface area (Å²) in [6.07, 6.45) is 5.48. The molecule has 14 heavy (non-hydrogen) atoms. The number of aromatic nitrogens is 2. The summed E-state index contributed by atoms with van der Waals surface area (Å²) in [5.74, 6) is 0.760. The second-order valence-electron chi connectivity index (χ2n) is 3.00. The minimum Gasteiger partial charge on any atom is -0.347 e. The van der Waals surface area contributed by atoms with Gasteiger partial charge in [-0.25, -0.2) is 9.78 Å². The van der Waals surface area contributed by atoms with Crippen molar-refractivity contribution in [1.82, 2.24) is 20.6 Å². The van der Waals surface area contributed by atoms with Crippen LogP contribution in [0.5, 0.6) is 0 Å². The van der Waals surface area contributed by atoms with Crippen LogP contribution < -0.4 is 10.6 Å². The Morgan fingerprint density at radius 1 is 1.57 bits per heavy atom. The van der Waals surface area contributed by atoms with Crippen molar-refractivity contribution in [2.45, 2.75) is 26.3 Å². The van der Waals surface area contributed by atoms with Gasteiger partial charge in [-0.15, -0.1) is 0 Å². The molecule has 1 aromatic rings. The molecule has 1 aromatic heterocycles. The molecule has 3 N–H and O–H groups in total. The third kappa shape index (κ3) is 3.93. The average Bonchev–Trinajstić information content (AvgIpc) is 2.68. The van der Waals surface area contributed by atoms with Crippen molar-refractivity contribution < 1.29 is 4.79 Å². The number of amides is 2. The highest BCUT2D eigenvalue weighted by atomic mass is 16.2. The number of carbonyl (C=O) groups excluding carboxylic acids is 1.